The Balaban J connectivity index is 2.25. The zero-order valence-corrected chi connectivity index (χ0v) is 11.6. The summed E-state index contributed by atoms with van der Waals surface area (Å²) < 4.78 is 0. The van der Waals surface area contributed by atoms with Crippen molar-refractivity contribution in [2.75, 3.05) is 19.6 Å². The Kier molecular flexibility index (Phi) is 4.24. The molecule has 0 bridgehead atoms. The Labute approximate surface area is 114 Å². The first-order valence-electron chi connectivity index (χ1n) is 6.70. The monoisotopic (exact) mass is 256 g/mol. The highest BCUT2D eigenvalue weighted by molar-refractivity contribution is 5.96. The molecule has 19 heavy (non-hydrogen) atoms. The van der Waals surface area contributed by atoms with Gasteiger partial charge in [-0.05, 0) is 37.0 Å². The van der Waals surface area contributed by atoms with Gasteiger partial charge in [-0.1, -0.05) is 24.8 Å². The van der Waals surface area contributed by atoms with Gasteiger partial charge in [0.1, 0.15) is 0 Å². The summed E-state index contributed by atoms with van der Waals surface area (Å²) in [6.07, 6.45) is 1.09. The average Bonchev–Trinajstić information content (AvgIpc) is 2.84. The number of likely N-dealkylation sites (tertiary alicyclic amines) is 1. The highest BCUT2D eigenvalue weighted by Gasteiger charge is 2.25. The van der Waals surface area contributed by atoms with Crippen LogP contribution in [0.15, 0.2) is 18.2 Å². The number of hydrogen-bond donors (Lipinski definition) is 1. The topological polar surface area (TPSA) is 46.3 Å². The van der Waals surface area contributed by atoms with Crippen molar-refractivity contribution >= 4 is 5.91 Å². The lowest BCUT2D eigenvalue weighted by Crippen LogP contribution is -2.29. The van der Waals surface area contributed by atoms with E-state index in [1.54, 1.807) is 0 Å². The fourth-order valence-corrected chi connectivity index (χ4v) is 2.37. The molecule has 1 aliphatic heterocycles. The number of amides is 1. The highest BCUT2D eigenvalue weighted by atomic mass is 16.2. The molecule has 0 aliphatic carbocycles. The molecule has 2 N–H and O–H groups in total. The van der Waals surface area contributed by atoms with Gasteiger partial charge in [-0.3, -0.25) is 4.79 Å². The molecule has 1 aromatic carbocycles. The van der Waals surface area contributed by atoms with Crippen LogP contribution in [-0.2, 0) is 0 Å². The van der Waals surface area contributed by atoms with Crippen LogP contribution >= 0.6 is 0 Å². The molecule has 1 aromatic rings. The molecular formula is C16H20N2O. The van der Waals surface area contributed by atoms with E-state index in [4.69, 9.17) is 5.73 Å². The van der Waals surface area contributed by atoms with Gasteiger partial charge >= 0.3 is 0 Å². The average molecular weight is 256 g/mol. The van der Waals surface area contributed by atoms with Crippen LogP contribution in [0.3, 0.4) is 0 Å². The lowest BCUT2D eigenvalue weighted by molar-refractivity contribution is 0.0787. The van der Waals surface area contributed by atoms with Gasteiger partial charge < -0.3 is 10.6 Å². The van der Waals surface area contributed by atoms with E-state index < -0.39 is 0 Å². The molecule has 1 amide bonds. The molecule has 0 saturated carbocycles. The molecule has 3 nitrogen and oxygen atoms in total. The van der Waals surface area contributed by atoms with Crippen molar-refractivity contribution in [2.45, 2.75) is 20.3 Å². The first-order valence-corrected chi connectivity index (χ1v) is 6.70. The Morgan fingerprint density at radius 2 is 2.32 bits per heavy atom. The SMILES string of the molecule is Cc1ccc(C#CCN)cc1C(=O)N1CCC(C)C1. The van der Waals surface area contributed by atoms with E-state index >= 15 is 0 Å². The third kappa shape index (κ3) is 3.15. The van der Waals surface area contributed by atoms with E-state index in [0.29, 0.717) is 12.5 Å². The maximum Gasteiger partial charge on any atom is 0.254 e. The highest BCUT2D eigenvalue weighted by Crippen LogP contribution is 2.20. The minimum absolute atomic E-state index is 0.123. The predicted molar refractivity (Wildman–Crippen MR) is 76.8 cm³/mol. The van der Waals surface area contributed by atoms with Gasteiger partial charge in [-0.2, -0.15) is 0 Å². The summed E-state index contributed by atoms with van der Waals surface area (Å²) in [5.74, 6) is 6.52. The van der Waals surface area contributed by atoms with E-state index in [2.05, 4.69) is 18.8 Å². The summed E-state index contributed by atoms with van der Waals surface area (Å²) in [7, 11) is 0. The van der Waals surface area contributed by atoms with Gasteiger partial charge in [0.2, 0.25) is 0 Å². The summed E-state index contributed by atoms with van der Waals surface area (Å²) in [5.41, 5.74) is 7.99. The third-order valence-corrected chi connectivity index (χ3v) is 3.51. The zero-order chi connectivity index (χ0) is 13.8. The van der Waals surface area contributed by atoms with E-state index in [0.717, 1.165) is 36.2 Å². The molecule has 1 unspecified atom stereocenters. The molecular weight excluding hydrogens is 236 g/mol. The second-order valence-electron chi connectivity index (χ2n) is 5.18. The van der Waals surface area contributed by atoms with Gasteiger partial charge in [0.25, 0.3) is 5.91 Å². The van der Waals surface area contributed by atoms with Crippen molar-refractivity contribution in [1.82, 2.24) is 4.90 Å². The van der Waals surface area contributed by atoms with Crippen LogP contribution < -0.4 is 5.73 Å². The number of benzene rings is 1. The third-order valence-electron chi connectivity index (χ3n) is 3.51. The minimum atomic E-state index is 0.123. The quantitative estimate of drug-likeness (QED) is 0.779. The number of nitrogens with two attached hydrogens (primary N) is 1. The second kappa shape index (κ2) is 5.90. The number of carbonyl (C=O) groups is 1. The fraction of sp³-hybridized carbons (Fsp3) is 0.438. The van der Waals surface area contributed by atoms with Gasteiger partial charge in [0, 0.05) is 24.2 Å². The lowest BCUT2D eigenvalue weighted by atomic mass is 10.0. The Hall–Kier alpha value is -1.79. The molecule has 1 atom stereocenters. The Bertz CT molecular complexity index is 539. The smallest absolute Gasteiger partial charge is 0.254 e. The molecule has 0 radical (unpaired) electrons. The van der Waals surface area contributed by atoms with Crippen LogP contribution in [0.5, 0.6) is 0 Å². The van der Waals surface area contributed by atoms with Crippen LogP contribution in [0.25, 0.3) is 0 Å². The molecule has 0 spiro atoms. The first kappa shape index (κ1) is 13.6. The predicted octanol–water partition coefficient (Wildman–Crippen LogP) is 1.79. The normalized spacial score (nSPS) is 18.1. The number of nitrogens with zero attached hydrogens (tertiary/aromatic N) is 1. The van der Waals surface area contributed by atoms with Gasteiger partial charge in [0.15, 0.2) is 0 Å². The summed E-state index contributed by atoms with van der Waals surface area (Å²) in [6.45, 7) is 6.20. The van der Waals surface area contributed by atoms with Crippen molar-refractivity contribution in [3.63, 3.8) is 0 Å². The van der Waals surface area contributed by atoms with Crippen LogP contribution in [0.1, 0.15) is 34.8 Å². The lowest BCUT2D eigenvalue weighted by Gasteiger charge is -2.17. The number of hydrogen-bond acceptors (Lipinski definition) is 2. The number of rotatable bonds is 1. The molecule has 1 fully saturated rings. The Morgan fingerprint density at radius 1 is 1.53 bits per heavy atom. The van der Waals surface area contributed by atoms with E-state index in [9.17, 15) is 4.79 Å². The van der Waals surface area contributed by atoms with Gasteiger partial charge in [0.05, 0.1) is 6.54 Å². The minimum Gasteiger partial charge on any atom is -0.338 e. The molecule has 1 aliphatic rings. The van der Waals surface area contributed by atoms with Crippen LogP contribution in [-0.4, -0.2) is 30.4 Å². The maximum absolute atomic E-state index is 12.5. The van der Waals surface area contributed by atoms with Crippen molar-refractivity contribution in [3.05, 3.63) is 34.9 Å². The maximum atomic E-state index is 12.5. The fourth-order valence-electron chi connectivity index (χ4n) is 2.37. The first-order chi connectivity index (χ1) is 9.11. The van der Waals surface area contributed by atoms with Crippen LogP contribution in [0.2, 0.25) is 0 Å². The molecule has 3 heteroatoms. The summed E-state index contributed by atoms with van der Waals surface area (Å²) in [5, 5.41) is 0. The molecule has 2 rings (SSSR count). The zero-order valence-electron chi connectivity index (χ0n) is 11.6. The second-order valence-corrected chi connectivity index (χ2v) is 5.18. The molecule has 100 valence electrons. The number of aryl methyl sites for hydroxylation is 1. The van der Waals surface area contributed by atoms with Crippen molar-refractivity contribution in [1.29, 1.82) is 0 Å². The van der Waals surface area contributed by atoms with E-state index in [1.165, 1.54) is 0 Å². The number of carbonyl (C=O) groups excluding carboxylic acids is 1. The molecule has 1 saturated heterocycles. The van der Waals surface area contributed by atoms with Crippen LogP contribution in [0, 0.1) is 24.7 Å². The van der Waals surface area contributed by atoms with Crippen LogP contribution in [0.4, 0.5) is 0 Å². The van der Waals surface area contributed by atoms with Crippen molar-refractivity contribution in [2.24, 2.45) is 11.7 Å². The standard InChI is InChI=1S/C16H20N2O/c1-12-7-9-18(11-12)16(19)15-10-14(4-3-8-17)6-5-13(15)2/h5-6,10,12H,7-9,11,17H2,1-2H3. The van der Waals surface area contributed by atoms with E-state index in [1.807, 2.05) is 30.0 Å². The Morgan fingerprint density at radius 3 is 2.95 bits per heavy atom. The van der Waals surface area contributed by atoms with Gasteiger partial charge in [-0.15, -0.1) is 0 Å². The summed E-state index contributed by atoms with van der Waals surface area (Å²) in [4.78, 5) is 14.4. The van der Waals surface area contributed by atoms with E-state index in [-0.39, 0.29) is 5.91 Å². The molecule has 1 heterocycles. The molecule has 0 aromatic heterocycles. The van der Waals surface area contributed by atoms with Crippen molar-refractivity contribution < 1.29 is 4.79 Å². The summed E-state index contributed by atoms with van der Waals surface area (Å²) >= 11 is 0. The summed E-state index contributed by atoms with van der Waals surface area (Å²) in [6, 6.07) is 5.76. The van der Waals surface area contributed by atoms with Crippen molar-refractivity contribution in [3.8, 4) is 11.8 Å². The largest absolute Gasteiger partial charge is 0.338 e. The van der Waals surface area contributed by atoms with Gasteiger partial charge in [-0.25, -0.2) is 0 Å².